The van der Waals surface area contributed by atoms with Crippen LogP contribution < -0.4 is 10.2 Å². The molecule has 1 saturated heterocycles. The van der Waals surface area contributed by atoms with Crippen LogP contribution in [0.4, 0.5) is 10.3 Å². The first kappa shape index (κ1) is 18.6. The summed E-state index contributed by atoms with van der Waals surface area (Å²) in [6.07, 6.45) is 1.88. The molecule has 1 aromatic carbocycles. The van der Waals surface area contributed by atoms with E-state index in [9.17, 15) is 4.79 Å². The number of piperidine rings is 1. The number of fused-ring (bicyclic) bond motifs is 1. The molecule has 0 radical (unpaired) electrons. The van der Waals surface area contributed by atoms with Crippen LogP contribution in [0.15, 0.2) is 22.5 Å². The standard InChI is InChI=1S/C18H21N5OS3/c1-3-25-18-22-21-16(27-18)20-15(24)12-5-4-8-23(10-12)17-19-13-7-6-11(2)9-14(13)26-17/h6-7,9,12H,3-5,8,10H2,1-2H3,(H,20,21,24). The number of carbonyl (C=O) groups excluding carboxylic acids is 1. The second kappa shape index (κ2) is 8.12. The third kappa shape index (κ3) is 4.25. The van der Waals surface area contributed by atoms with Gasteiger partial charge in [-0.25, -0.2) is 4.98 Å². The van der Waals surface area contributed by atoms with Crippen molar-refractivity contribution >= 4 is 60.8 Å². The highest BCUT2D eigenvalue weighted by Crippen LogP contribution is 2.32. The Kier molecular flexibility index (Phi) is 5.60. The zero-order valence-electron chi connectivity index (χ0n) is 15.3. The molecule has 1 atom stereocenters. The van der Waals surface area contributed by atoms with E-state index in [-0.39, 0.29) is 11.8 Å². The number of carbonyl (C=O) groups is 1. The minimum Gasteiger partial charge on any atom is -0.347 e. The lowest BCUT2D eigenvalue weighted by Crippen LogP contribution is -2.40. The average molecular weight is 420 g/mol. The number of benzene rings is 1. The lowest BCUT2D eigenvalue weighted by molar-refractivity contribution is -0.120. The summed E-state index contributed by atoms with van der Waals surface area (Å²) in [6, 6.07) is 6.33. The number of nitrogens with zero attached hydrogens (tertiary/aromatic N) is 4. The zero-order chi connectivity index (χ0) is 18.8. The largest absolute Gasteiger partial charge is 0.347 e. The maximum atomic E-state index is 12.7. The van der Waals surface area contributed by atoms with Crippen molar-refractivity contribution in [3.05, 3.63) is 23.8 Å². The summed E-state index contributed by atoms with van der Waals surface area (Å²) >= 11 is 4.78. The summed E-state index contributed by atoms with van der Waals surface area (Å²) in [5.74, 6) is 0.918. The average Bonchev–Trinajstić information content (AvgIpc) is 3.28. The molecule has 1 aliphatic heterocycles. The normalized spacial score (nSPS) is 17.4. The van der Waals surface area contributed by atoms with Crippen LogP contribution >= 0.6 is 34.4 Å². The highest BCUT2D eigenvalue weighted by Gasteiger charge is 2.28. The van der Waals surface area contributed by atoms with Crippen LogP contribution in [-0.2, 0) is 4.79 Å². The minimum atomic E-state index is -0.0568. The van der Waals surface area contributed by atoms with E-state index in [1.807, 2.05) is 0 Å². The second-order valence-corrected chi connectivity index (χ2v) is 10.0. The van der Waals surface area contributed by atoms with Crippen molar-refractivity contribution in [3.63, 3.8) is 0 Å². The van der Waals surface area contributed by atoms with Crippen molar-refractivity contribution in [1.82, 2.24) is 15.2 Å². The van der Waals surface area contributed by atoms with Crippen LogP contribution in [0.2, 0.25) is 0 Å². The highest BCUT2D eigenvalue weighted by molar-refractivity contribution is 8.01. The van der Waals surface area contributed by atoms with Gasteiger partial charge in [0.2, 0.25) is 11.0 Å². The molecular weight excluding hydrogens is 398 g/mol. The quantitative estimate of drug-likeness (QED) is 0.487. The Hall–Kier alpha value is -1.71. The van der Waals surface area contributed by atoms with E-state index in [1.165, 1.54) is 21.6 Å². The predicted octanol–water partition coefficient (Wildman–Crippen LogP) is 4.42. The maximum Gasteiger partial charge on any atom is 0.231 e. The van der Waals surface area contributed by atoms with Crippen molar-refractivity contribution in [1.29, 1.82) is 0 Å². The van der Waals surface area contributed by atoms with Crippen LogP contribution in [0.3, 0.4) is 0 Å². The number of thiazole rings is 1. The van der Waals surface area contributed by atoms with Gasteiger partial charge in [-0.2, -0.15) is 0 Å². The predicted molar refractivity (Wildman–Crippen MR) is 114 cm³/mol. The summed E-state index contributed by atoms with van der Waals surface area (Å²) in [5.41, 5.74) is 2.27. The summed E-state index contributed by atoms with van der Waals surface area (Å²) in [5, 5.41) is 12.7. The molecule has 1 aliphatic rings. The number of nitrogens with one attached hydrogen (secondary N) is 1. The van der Waals surface area contributed by atoms with Crippen molar-refractivity contribution in [2.75, 3.05) is 29.1 Å². The molecule has 27 heavy (non-hydrogen) atoms. The molecule has 142 valence electrons. The molecule has 2 aromatic heterocycles. The number of amides is 1. The first-order valence-corrected chi connectivity index (χ1v) is 11.6. The van der Waals surface area contributed by atoms with Crippen molar-refractivity contribution in [2.45, 2.75) is 31.0 Å². The van der Waals surface area contributed by atoms with Gasteiger partial charge < -0.3 is 10.2 Å². The molecule has 0 spiro atoms. The van der Waals surface area contributed by atoms with Gasteiger partial charge in [0.25, 0.3) is 0 Å². The van der Waals surface area contributed by atoms with Gasteiger partial charge in [-0.1, -0.05) is 47.4 Å². The fourth-order valence-electron chi connectivity index (χ4n) is 3.17. The number of anilines is 2. The summed E-state index contributed by atoms with van der Waals surface area (Å²) in [6.45, 7) is 5.81. The second-order valence-electron chi connectivity index (χ2n) is 6.55. The molecule has 0 saturated carbocycles. The molecule has 3 aromatic rings. The van der Waals surface area contributed by atoms with Gasteiger partial charge in [0.15, 0.2) is 9.47 Å². The van der Waals surface area contributed by atoms with E-state index in [0.717, 1.165) is 40.1 Å². The van der Waals surface area contributed by atoms with Gasteiger partial charge in [0.1, 0.15) is 0 Å². The molecule has 1 N–H and O–H groups in total. The third-order valence-corrected chi connectivity index (χ3v) is 7.43. The van der Waals surface area contributed by atoms with Gasteiger partial charge in [-0.05, 0) is 43.2 Å². The van der Waals surface area contributed by atoms with Crippen LogP contribution in [0.25, 0.3) is 10.2 Å². The molecule has 1 amide bonds. The fourth-order valence-corrected chi connectivity index (χ4v) is 5.92. The van der Waals surface area contributed by atoms with Crippen molar-refractivity contribution < 1.29 is 4.79 Å². The molecule has 0 bridgehead atoms. The van der Waals surface area contributed by atoms with Gasteiger partial charge in [0, 0.05) is 13.1 Å². The number of rotatable bonds is 5. The summed E-state index contributed by atoms with van der Waals surface area (Å²) < 4.78 is 2.09. The monoisotopic (exact) mass is 419 g/mol. The molecule has 3 heterocycles. The molecule has 1 fully saturated rings. The van der Waals surface area contributed by atoms with Crippen LogP contribution in [-0.4, -0.2) is 39.9 Å². The summed E-state index contributed by atoms with van der Waals surface area (Å²) in [4.78, 5) is 19.7. The van der Waals surface area contributed by atoms with Crippen LogP contribution in [0.5, 0.6) is 0 Å². The van der Waals surface area contributed by atoms with E-state index in [4.69, 9.17) is 4.98 Å². The Bertz CT molecular complexity index is 954. The van der Waals surface area contributed by atoms with E-state index in [0.29, 0.717) is 11.7 Å². The zero-order valence-corrected chi connectivity index (χ0v) is 17.7. The molecule has 4 rings (SSSR count). The van der Waals surface area contributed by atoms with Crippen molar-refractivity contribution in [3.8, 4) is 0 Å². The smallest absolute Gasteiger partial charge is 0.231 e. The number of aromatic nitrogens is 3. The Morgan fingerprint density at radius 2 is 2.26 bits per heavy atom. The molecule has 9 heteroatoms. The third-order valence-electron chi connectivity index (χ3n) is 4.50. The fraction of sp³-hybridized carbons (Fsp3) is 0.444. The Morgan fingerprint density at radius 3 is 3.11 bits per heavy atom. The maximum absolute atomic E-state index is 12.7. The molecule has 0 aliphatic carbocycles. The number of thioether (sulfide) groups is 1. The first-order chi connectivity index (χ1) is 13.1. The van der Waals surface area contributed by atoms with Gasteiger partial charge in [-0.15, -0.1) is 10.2 Å². The lowest BCUT2D eigenvalue weighted by Gasteiger charge is -2.31. The van der Waals surface area contributed by atoms with Crippen LogP contribution in [0.1, 0.15) is 25.3 Å². The van der Waals surface area contributed by atoms with Crippen molar-refractivity contribution in [2.24, 2.45) is 5.92 Å². The minimum absolute atomic E-state index is 0.0286. The van der Waals surface area contributed by atoms with E-state index < -0.39 is 0 Å². The summed E-state index contributed by atoms with van der Waals surface area (Å²) in [7, 11) is 0. The molecular formula is C18H21N5OS3. The number of hydrogen-bond donors (Lipinski definition) is 1. The van der Waals surface area contributed by atoms with Crippen LogP contribution in [0, 0.1) is 12.8 Å². The molecule has 6 nitrogen and oxygen atoms in total. The first-order valence-electron chi connectivity index (χ1n) is 9.01. The number of aryl methyl sites for hydroxylation is 1. The van der Waals surface area contributed by atoms with Gasteiger partial charge >= 0.3 is 0 Å². The van der Waals surface area contributed by atoms with E-state index in [1.54, 1.807) is 23.1 Å². The SMILES string of the molecule is CCSc1nnc(NC(=O)C2CCCN(c3nc4ccc(C)cc4s3)C2)s1. The highest BCUT2D eigenvalue weighted by atomic mass is 32.2. The molecule has 1 unspecified atom stereocenters. The Balaban J connectivity index is 1.44. The topological polar surface area (TPSA) is 71.0 Å². The Morgan fingerprint density at radius 1 is 1.37 bits per heavy atom. The van der Waals surface area contributed by atoms with Gasteiger partial charge in [0.05, 0.1) is 16.1 Å². The Labute approximate surface area is 170 Å². The van der Waals surface area contributed by atoms with Gasteiger partial charge in [-0.3, -0.25) is 4.79 Å². The van der Waals surface area contributed by atoms with E-state index >= 15 is 0 Å². The lowest BCUT2D eigenvalue weighted by atomic mass is 9.98. The number of hydrogen-bond acceptors (Lipinski definition) is 8. The van der Waals surface area contributed by atoms with E-state index in [2.05, 4.69) is 52.5 Å².